The molecule has 1 N–H and O–H groups in total. The maximum atomic E-state index is 12.5. The average molecular weight is 556 g/mol. The average Bonchev–Trinajstić information content (AvgIpc) is 2.83. The second kappa shape index (κ2) is 12.9. The molecule has 0 saturated carbocycles. The fourth-order valence-electron chi connectivity index (χ4n) is 2.95. The first kappa shape index (κ1) is 27.0. The number of hydrogen-bond donors (Lipinski definition) is 1. The molecule has 3 aromatic rings. The fourth-order valence-corrected chi connectivity index (χ4v) is 4.03. The maximum Gasteiger partial charge on any atom is 0.271 e. The SMILES string of the molecule is CCCOc1ccc(C(=O)N/N=C/c2cc(Cl)c(OCc3ccc(Cl)cc3Cl)c(Cl)c2)cc1OC. The summed E-state index contributed by atoms with van der Waals surface area (Å²) in [6, 6.07) is 13.2. The van der Waals surface area contributed by atoms with E-state index in [4.69, 9.17) is 60.6 Å². The minimum atomic E-state index is -0.418. The molecule has 0 aliphatic rings. The van der Waals surface area contributed by atoms with E-state index in [9.17, 15) is 4.79 Å². The molecule has 3 aromatic carbocycles. The second-order valence-corrected chi connectivity index (χ2v) is 8.91. The van der Waals surface area contributed by atoms with Crippen molar-refractivity contribution >= 4 is 58.5 Å². The molecule has 0 atom stereocenters. The lowest BCUT2D eigenvalue weighted by Crippen LogP contribution is -2.17. The number of carbonyl (C=O) groups excluding carboxylic acids is 1. The van der Waals surface area contributed by atoms with Crippen molar-refractivity contribution in [2.75, 3.05) is 13.7 Å². The van der Waals surface area contributed by atoms with Crippen molar-refractivity contribution in [1.82, 2.24) is 5.43 Å². The van der Waals surface area contributed by atoms with Gasteiger partial charge in [-0.2, -0.15) is 5.10 Å². The number of amides is 1. The highest BCUT2D eigenvalue weighted by molar-refractivity contribution is 6.37. The van der Waals surface area contributed by atoms with Gasteiger partial charge in [-0.1, -0.05) is 59.4 Å². The van der Waals surface area contributed by atoms with Gasteiger partial charge in [-0.05, 0) is 54.4 Å². The molecule has 184 valence electrons. The molecule has 0 spiro atoms. The van der Waals surface area contributed by atoms with Gasteiger partial charge in [0, 0.05) is 21.2 Å². The van der Waals surface area contributed by atoms with Gasteiger partial charge in [-0.25, -0.2) is 5.43 Å². The first-order chi connectivity index (χ1) is 16.8. The molecule has 1 amide bonds. The van der Waals surface area contributed by atoms with Crippen molar-refractivity contribution in [2.45, 2.75) is 20.0 Å². The Morgan fingerprint density at radius 2 is 1.69 bits per heavy atom. The van der Waals surface area contributed by atoms with Crippen molar-refractivity contribution in [3.63, 3.8) is 0 Å². The van der Waals surface area contributed by atoms with E-state index in [1.165, 1.54) is 13.3 Å². The van der Waals surface area contributed by atoms with Crippen molar-refractivity contribution in [2.24, 2.45) is 5.10 Å². The van der Waals surface area contributed by atoms with Crippen LogP contribution >= 0.6 is 46.4 Å². The lowest BCUT2D eigenvalue weighted by Gasteiger charge is -2.12. The zero-order chi connectivity index (χ0) is 25.4. The molecule has 0 saturated heterocycles. The summed E-state index contributed by atoms with van der Waals surface area (Å²) in [7, 11) is 1.51. The van der Waals surface area contributed by atoms with Crippen LogP contribution in [0.3, 0.4) is 0 Å². The molecular weight excluding hydrogens is 534 g/mol. The molecule has 0 heterocycles. The quantitative estimate of drug-likeness (QED) is 0.208. The van der Waals surface area contributed by atoms with E-state index >= 15 is 0 Å². The number of carbonyl (C=O) groups is 1. The Hall–Kier alpha value is -2.64. The topological polar surface area (TPSA) is 69.2 Å². The zero-order valence-corrected chi connectivity index (χ0v) is 21.9. The molecule has 0 aromatic heterocycles. The first-order valence-electron chi connectivity index (χ1n) is 10.5. The van der Waals surface area contributed by atoms with Crippen LogP contribution in [0.1, 0.15) is 34.8 Å². The van der Waals surface area contributed by atoms with Gasteiger partial charge in [-0.15, -0.1) is 0 Å². The number of rotatable bonds is 10. The van der Waals surface area contributed by atoms with E-state index in [-0.39, 0.29) is 16.7 Å². The van der Waals surface area contributed by atoms with E-state index in [0.29, 0.717) is 45.0 Å². The molecule has 0 unspecified atom stereocenters. The van der Waals surface area contributed by atoms with Gasteiger partial charge in [0.05, 0.1) is 30.0 Å². The van der Waals surface area contributed by atoms with E-state index in [0.717, 1.165) is 12.0 Å². The monoisotopic (exact) mass is 554 g/mol. The van der Waals surface area contributed by atoms with E-state index in [1.807, 2.05) is 6.92 Å². The predicted octanol–water partition coefficient (Wildman–Crippen LogP) is 7.44. The molecule has 0 aliphatic carbocycles. The van der Waals surface area contributed by atoms with Crippen LogP contribution in [0.25, 0.3) is 0 Å². The fraction of sp³-hybridized carbons (Fsp3) is 0.200. The summed E-state index contributed by atoms with van der Waals surface area (Å²) >= 11 is 24.8. The Morgan fingerprint density at radius 1 is 0.943 bits per heavy atom. The van der Waals surface area contributed by atoms with E-state index in [1.54, 1.807) is 48.5 Å². The van der Waals surface area contributed by atoms with E-state index < -0.39 is 5.91 Å². The van der Waals surface area contributed by atoms with Gasteiger partial charge >= 0.3 is 0 Å². The minimum absolute atomic E-state index is 0.157. The Balaban J connectivity index is 1.64. The lowest BCUT2D eigenvalue weighted by molar-refractivity contribution is 0.0954. The van der Waals surface area contributed by atoms with Gasteiger partial charge < -0.3 is 14.2 Å². The molecule has 0 radical (unpaired) electrons. The molecule has 0 bridgehead atoms. The van der Waals surface area contributed by atoms with Gasteiger partial charge in [0.2, 0.25) is 0 Å². The number of nitrogens with zero attached hydrogens (tertiary/aromatic N) is 1. The number of methoxy groups -OCH3 is 1. The molecule has 3 rings (SSSR count). The Labute approximate surface area is 223 Å². The molecule has 35 heavy (non-hydrogen) atoms. The number of ether oxygens (including phenoxy) is 3. The largest absolute Gasteiger partial charge is 0.493 e. The third-order valence-corrected chi connectivity index (χ3v) is 5.82. The standard InChI is InChI=1S/C25H22Cl4N2O4/c1-3-8-34-22-7-5-16(11-23(22)33-2)25(32)31-30-13-15-9-20(28)24(21(29)10-15)35-14-17-4-6-18(26)12-19(17)27/h4-7,9-13H,3,8,14H2,1-2H3,(H,31,32)/b30-13+. The Kier molecular flexibility index (Phi) is 9.93. The summed E-state index contributed by atoms with van der Waals surface area (Å²) in [5.74, 6) is 0.917. The third-order valence-electron chi connectivity index (χ3n) is 4.67. The van der Waals surface area contributed by atoms with Gasteiger partial charge in [0.25, 0.3) is 5.91 Å². The van der Waals surface area contributed by atoms with Crippen molar-refractivity contribution in [3.05, 3.63) is 85.3 Å². The van der Waals surface area contributed by atoms with E-state index in [2.05, 4.69) is 10.5 Å². The van der Waals surface area contributed by atoms with Crippen molar-refractivity contribution < 1.29 is 19.0 Å². The predicted molar refractivity (Wildman–Crippen MR) is 141 cm³/mol. The van der Waals surface area contributed by atoms with Crippen LogP contribution in [0, 0.1) is 0 Å². The summed E-state index contributed by atoms with van der Waals surface area (Å²) in [4.78, 5) is 12.5. The Bertz CT molecular complexity index is 1210. The summed E-state index contributed by atoms with van der Waals surface area (Å²) in [5, 5.41) is 5.55. The van der Waals surface area contributed by atoms with Gasteiger partial charge in [0.1, 0.15) is 6.61 Å². The van der Waals surface area contributed by atoms with Gasteiger partial charge in [0.15, 0.2) is 17.2 Å². The molecule has 6 nitrogen and oxygen atoms in total. The Morgan fingerprint density at radius 3 is 2.34 bits per heavy atom. The minimum Gasteiger partial charge on any atom is -0.493 e. The van der Waals surface area contributed by atoms with Crippen LogP contribution in [0.2, 0.25) is 20.1 Å². The smallest absolute Gasteiger partial charge is 0.271 e. The summed E-state index contributed by atoms with van der Waals surface area (Å²) in [6.07, 6.45) is 2.28. The summed E-state index contributed by atoms with van der Waals surface area (Å²) in [6.45, 7) is 2.71. The highest BCUT2D eigenvalue weighted by Gasteiger charge is 2.13. The van der Waals surface area contributed by atoms with Crippen molar-refractivity contribution in [3.8, 4) is 17.2 Å². The first-order valence-corrected chi connectivity index (χ1v) is 12.0. The van der Waals surface area contributed by atoms with Gasteiger partial charge in [-0.3, -0.25) is 4.79 Å². The van der Waals surface area contributed by atoms with Crippen LogP contribution in [0.4, 0.5) is 0 Å². The highest BCUT2D eigenvalue weighted by atomic mass is 35.5. The number of nitrogens with one attached hydrogen (secondary N) is 1. The number of hydrogen-bond acceptors (Lipinski definition) is 5. The normalized spacial score (nSPS) is 10.9. The number of hydrazone groups is 1. The maximum absolute atomic E-state index is 12.5. The number of benzene rings is 3. The highest BCUT2D eigenvalue weighted by Crippen LogP contribution is 2.35. The molecule has 10 heteroatoms. The lowest BCUT2D eigenvalue weighted by atomic mass is 10.2. The van der Waals surface area contributed by atoms with Crippen LogP contribution in [0.5, 0.6) is 17.2 Å². The third kappa shape index (κ3) is 7.42. The summed E-state index contributed by atoms with van der Waals surface area (Å²) in [5.41, 5.74) is 4.13. The second-order valence-electron chi connectivity index (χ2n) is 7.25. The zero-order valence-electron chi connectivity index (χ0n) is 18.9. The molecular formula is C25H22Cl4N2O4. The van der Waals surface area contributed by atoms with Crippen LogP contribution < -0.4 is 19.6 Å². The molecule has 0 aliphatic heterocycles. The van der Waals surface area contributed by atoms with Crippen LogP contribution in [0.15, 0.2) is 53.6 Å². The number of halogens is 4. The summed E-state index contributed by atoms with van der Waals surface area (Å²) < 4.78 is 16.7. The van der Waals surface area contributed by atoms with Crippen LogP contribution in [-0.2, 0) is 6.61 Å². The molecule has 0 fully saturated rings. The van der Waals surface area contributed by atoms with Crippen LogP contribution in [-0.4, -0.2) is 25.8 Å². The van der Waals surface area contributed by atoms with Crippen molar-refractivity contribution in [1.29, 1.82) is 0 Å².